The van der Waals surface area contributed by atoms with Crippen LogP contribution in [0.5, 0.6) is 11.5 Å². The monoisotopic (exact) mass is 328 g/mol. The zero-order valence-corrected chi connectivity index (χ0v) is 14.4. The van der Waals surface area contributed by atoms with Gasteiger partial charge in [0, 0.05) is 23.9 Å². The van der Waals surface area contributed by atoms with Gasteiger partial charge in [-0.3, -0.25) is 9.78 Å². The number of carbonyl (C=O) groups excluding carboxylic acids is 1. The maximum Gasteiger partial charge on any atom is 0.224 e. The molecular formula is C19H24N2O3. The van der Waals surface area contributed by atoms with Crippen LogP contribution in [0.1, 0.15) is 31.5 Å². The molecule has 0 spiro atoms. The van der Waals surface area contributed by atoms with Gasteiger partial charge in [0.25, 0.3) is 0 Å². The van der Waals surface area contributed by atoms with Crippen LogP contribution in [0.2, 0.25) is 0 Å². The first-order chi connectivity index (χ1) is 11.5. The number of rotatable bonds is 7. The summed E-state index contributed by atoms with van der Waals surface area (Å²) in [4.78, 5) is 16.4. The molecule has 24 heavy (non-hydrogen) atoms. The van der Waals surface area contributed by atoms with Gasteiger partial charge in [-0.25, -0.2) is 0 Å². The van der Waals surface area contributed by atoms with Crippen molar-refractivity contribution in [2.24, 2.45) is 5.92 Å². The number of benzene rings is 1. The number of ether oxygens (including phenoxy) is 1. The molecular weight excluding hydrogens is 304 g/mol. The quantitative estimate of drug-likeness (QED) is 0.760. The van der Waals surface area contributed by atoms with Crippen LogP contribution >= 0.6 is 0 Å². The number of nitrogens with one attached hydrogen (secondary N) is 1. The number of hydrogen-bond donors (Lipinski definition) is 2. The van der Waals surface area contributed by atoms with E-state index in [1.807, 2.05) is 13.0 Å². The predicted octanol–water partition coefficient (Wildman–Crippen LogP) is 3.70. The summed E-state index contributed by atoms with van der Waals surface area (Å²) >= 11 is 0. The molecule has 5 heteroatoms. The summed E-state index contributed by atoms with van der Waals surface area (Å²) in [5.74, 6) is 1.16. The maximum atomic E-state index is 12.1. The number of aromatic hydroxyl groups is 1. The van der Waals surface area contributed by atoms with E-state index < -0.39 is 0 Å². The number of aromatic nitrogens is 1. The second kappa shape index (κ2) is 8.34. The number of carbonyl (C=O) groups is 1. The van der Waals surface area contributed by atoms with Gasteiger partial charge in [-0.05, 0) is 37.5 Å². The van der Waals surface area contributed by atoms with E-state index >= 15 is 0 Å². The number of hydrogen-bond acceptors (Lipinski definition) is 4. The summed E-state index contributed by atoms with van der Waals surface area (Å²) in [7, 11) is 0. The molecule has 1 heterocycles. The van der Waals surface area contributed by atoms with E-state index in [1.165, 1.54) is 6.07 Å². The van der Waals surface area contributed by atoms with Crippen molar-refractivity contribution < 1.29 is 14.6 Å². The van der Waals surface area contributed by atoms with Gasteiger partial charge < -0.3 is 15.2 Å². The Balaban J connectivity index is 1.95. The standard InChI is InChI=1S/C19H24N2O3/c1-13(2)12-24-18-10-11-20-15(14(18)3)8-9-19(23)21-16-6-4-5-7-17(16)22/h4-7,10-11,13,22H,8-9,12H2,1-3H3,(H,21,23). The van der Waals surface area contributed by atoms with Crippen LogP contribution < -0.4 is 10.1 Å². The average molecular weight is 328 g/mol. The number of aryl methyl sites for hydroxylation is 1. The molecule has 0 aliphatic rings. The molecule has 0 atom stereocenters. The molecule has 1 amide bonds. The van der Waals surface area contributed by atoms with Gasteiger partial charge in [-0.2, -0.15) is 0 Å². The van der Waals surface area contributed by atoms with Crippen molar-refractivity contribution in [1.82, 2.24) is 4.98 Å². The number of amides is 1. The molecule has 0 bridgehead atoms. The molecule has 2 N–H and O–H groups in total. The summed E-state index contributed by atoms with van der Waals surface area (Å²) in [6.07, 6.45) is 2.51. The fraction of sp³-hybridized carbons (Fsp3) is 0.368. The minimum absolute atomic E-state index is 0.0595. The fourth-order valence-corrected chi connectivity index (χ4v) is 2.25. The van der Waals surface area contributed by atoms with E-state index in [0.717, 1.165) is 17.0 Å². The van der Waals surface area contributed by atoms with Crippen molar-refractivity contribution in [1.29, 1.82) is 0 Å². The molecule has 1 aromatic heterocycles. The highest BCUT2D eigenvalue weighted by Gasteiger charge is 2.11. The van der Waals surface area contributed by atoms with Crippen molar-refractivity contribution in [3.05, 3.63) is 47.8 Å². The first-order valence-corrected chi connectivity index (χ1v) is 8.12. The Bertz CT molecular complexity index is 699. The van der Waals surface area contributed by atoms with E-state index in [1.54, 1.807) is 24.4 Å². The highest BCUT2D eigenvalue weighted by Crippen LogP contribution is 2.23. The van der Waals surface area contributed by atoms with Gasteiger partial charge in [-0.15, -0.1) is 0 Å². The third-order valence-electron chi connectivity index (χ3n) is 3.60. The van der Waals surface area contributed by atoms with Crippen LogP contribution in [0.15, 0.2) is 36.5 Å². The smallest absolute Gasteiger partial charge is 0.224 e. The lowest BCUT2D eigenvalue weighted by atomic mass is 10.1. The second-order valence-electron chi connectivity index (χ2n) is 6.15. The topological polar surface area (TPSA) is 71.5 Å². The van der Waals surface area contributed by atoms with E-state index in [-0.39, 0.29) is 18.1 Å². The molecule has 0 fully saturated rings. The van der Waals surface area contributed by atoms with E-state index in [2.05, 4.69) is 24.1 Å². The predicted molar refractivity (Wildman–Crippen MR) is 94.4 cm³/mol. The highest BCUT2D eigenvalue weighted by molar-refractivity contribution is 5.92. The van der Waals surface area contributed by atoms with Crippen molar-refractivity contribution in [3.8, 4) is 11.5 Å². The lowest BCUT2D eigenvalue weighted by Gasteiger charge is -2.13. The average Bonchev–Trinajstić information content (AvgIpc) is 2.55. The van der Waals surface area contributed by atoms with E-state index in [4.69, 9.17) is 4.74 Å². The van der Waals surface area contributed by atoms with Crippen LogP contribution in [0, 0.1) is 12.8 Å². The number of nitrogens with zero attached hydrogens (tertiary/aromatic N) is 1. The SMILES string of the molecule is Cc1c(OCC(C)C)ccnc1CCC(=O)Nc1ccccc1O. The third-order valence-corrected chi connectivity index (χ3v) is 3.60. The molecule has 0 saturated heterocycles. The number of pyridine rings is 1. The van der Waals surface area contributed by atoms with Crippen LogP contribution in [0.25, 0.3) is 0 Å². The van der Waals surface area contributed by atoms with Crippen LogP contribution in [-0.2, 0) is 11.2 Å². The van der Waals surface area contributed by atoms with Crippen LogP contribution in [0.3, 0.4) is 0 Å². The Labute approximate surface area is 142 Å². The lowest BCUT2D eigenvalue weighted by Crippen LogP contribution is -2.13. The van der Waals surface area contributed by atoms with E-state index in [0.29, 0.717) is 24.6 Å². The molecule has 1 aromatic carbocycles. The highest BCUT2D eigenvalue weighted by atomic mass is 16.5. The first-order valence-electron chi connectivity index (χ1n) is 8.12. The van der Waals surface area contributed by atoms with Gasteiger partial charge in [-0.1, -0.05) is 26.0 Å². The van der Waals surface area contributed by atoms with Crippen LogP contribution in [0.4, 0.5) is 5.69 Å². The van der Waals surface area contributed by atoms with Crippen molar-refractivity contribution >= 4 is 11.6 Å². The summed E-state index contributed by atoms with van der Waals surface area (Å²) in [6.45, 7) is 6.80. The lowest BCUT2D eigenvalue weighted by molar-refractivity contribution is -0.116. The minimum atomic E-state index is -0.161. The fourth-order valence-electron chi connectivity index (χ4n) is 2.25. The first kappa shape index (κ1) is 17.8. The van der Waals surface area contributed by atoms with Crippen LogP contribution in [-0.4, -0.2) is 22.6 Å². The van der Waals surface area contributed by atoms with Crippen molar-refractivity contribution in [3.63, 3.8) is 0 Å². The Morgan fingerprint density at radius 3 is 2.75 bits per heavy atom. The van der Waals surface area contributed by atoms with Crippen molar-refractivity contribution in [2.45, 2.75) is 33.6 Å². The zero-order valence-electron chi connectivity index (χ0n) is 14.4. The molecule has 0 aliphatic heterocycles. The summed E-state index contributed by atoms with van der Waals surface area (Å²) < 4.78 is 5.78. The molecule has 128 valence electrons. The molecule has 0 radical (unpaired) electrons. The number of para-hydroxylation sites is 2. The largest absolute Gasteiger partial charge is 0.506 e. The number of anilines is 1. The van der Waals surface area contributed by atoms with Gasteiger partial charge in [0.15, 0.2) is 0 Å². The molecule has 5 nitrogen and oxygen atoms in total. The molecule has 0 aliphatic carbocycles. The van der Waals surface area contributed by atoms with Gasteiger partial charge in [0.2, 0.25) is 5.91 Å². The Morgan fingerprint density at radius 2 is 2.04 bits per heavy atom. The molecule has 0 saturated carbocycles. The minimum Gasteiger partial charge on any atom is -0.506 e. The third kappa shape index (κ3) is 4.98. The number of phenolic OH excluding ortho intramolecular Hbond substituents is 1. The van der Waals surface area contributed by atoms with Crippen molar-refractivity contribution in [2.75, 3.05) is 11.9 Å². The molecule has 0 unspecified atom stereocenters. The van der Waals surface area contributed by atoms with Gasteiger partial charge >= 0.3 is 0 Å². The normalized spacial score (nSPS) is 10.7. The Morgan fingerprint density at radius 1 is 1.29 bits per heavy atom. The molecule has 2 rings (SSSR count). The van der Waals surface area contributed by atoms with Gasteiger partial charge in [0.05, 0.1) is 12.3 Å². The molecule has 2 aromatic rings. The Kier molecular flexibility index (Phi) is 6.18. The summed E-state index contributed by atoms with van der Waals surface area (Å²) in [5.41, 5.74) is 2.23. The summed E-state index contributed by atoms with van der Waals surface area (Å²) in [6, 6.07) is 8.52. The zero-order chi connectivity index (χ0) is 17.5. The van der Waals surface area contributed by atoms with Gasteiger partial charge in [0.1, 0.15) is 11.5 Å². The Hall–Kier alpha value is -2.56. The maximum absolute atomic E-state index is 12.1. The summed E-state index contributed by atoms with van der Waals surface area (Å²) in [5, 5.41) is 12.4. The second-order valence-corrected chi connectivity index (χ2v) is 6.15. The number of phenols is 1. The van der Waals surface area contributed by atoms with E-state index in [9.17, 15) is 9.90 Å².